The van der Waals surface area contributed by atoms with Crippen LogP contribution in [0.25, 0.3) is 11.1 Å². The lowest BCUT2D eigenvalue weighted by atomic mass is 9.94. The molecule has 4 rings (SSSR count). The third-order valence-corrected chi connectivity index (χ3v) is 4.09. The van der Waals surface area contributed by atoms with Crippen molar-refractivity contribution >= 4 is 16.9 Å². The highest BCUT2D eigenvalue weighted by atomic mass is 14.5. The van der Waals surface area contributed by atoms with Crippen LogP contribution in [-0.2, 0) is 0 Å². The van der Waals surface area contributed by atoms with E-state index in [2.05, 4.69) is 42.5 Å². The summed E-state index contributed by atoms with van der Waals surface area (Å²) < 4.78 is 0. The highest BCUT2D eigenvalue weighted by Gasteiger charge is 2.27. The minimum Gasteiger partial charge on any atom is -0.300 e. The van der Waals surface area contributed by atoms with E-state index in [4.69, 9.17) is 5.41 Å². The van der Waals surface area contributed by atoms with Crippen LogP contribution in [0.4, 0.5) is 0 Å². The van der Waals surface area contributed by atoms with E-state index in [1.807, 2.05) is 42.5 Å². The average molecular weight is 281 g/mol. The van der Waals surface area contributed by atoms with Crippen molar-refractivity contribution in [3.63, 3.8) is 0 Å². The van der Waals surface area contributed by atoms with Gasteiger partial charge in [0.15, 0.2) is 0 Å². The summed E-state index contributed by atoms with van der Waals surface area (Å²) in [5, 5.41) is 8.65. The standard InChI is InChI=1S/C21H15N/c22-21-18-14-8-7-13-17(18)19(15-9-3-1-4-10-15)20(21)16-11-5-2-6-12-16/h1-14,22H. The van der Waals surface area contributed by atoms with Gasteiger partial charge < -0.3 is 0 Å². The number of allylic oxidation sites excluding steroid dienone is 1. The zero-order valence-electron chi connectivity index (χ0n) is 12.1. The molecular formula is C21H15N. The molecule has 0 saturated carbocycles. The monoisotopic (exact) mass is 281 g/mol. The minimum absolute atomic E-state index is 0.612. The van der Waals surface area contributed by atoms with Crippen molar-refractivity contribution in [1.29, 1.82) is 5.41 Å². The first-order chi connectivity index (χ1) is 10.9. The Bertz CT molecular complexity index is 874. The summed E-state index contributed by atoms with van der Waals surface area (Å²) in [4.78, 5) is 0. The lowest BCUT2D eigenvalue weighted by Crippen LogP contribution is -1.98. The van der Waals surface area contributed by atoms with Gasteiger partial charge in [-0.3, -0.25) is 5.41 Å². The third kappa shape index (κ3) is 1.91. The molecule has 0 amide bonds. The Hall–Kier alpha value is -2.93. The second-order valence-corrected chi connectivity index (χ2v) is 5.40. The fourth-order valence-corrected chi connectivity index (χ4v) is 3.11. The normalized spacial score (nSPS) is 13.4. The smallest absolute Gasteiger partial charge is 0.0703 e. The SMILES string of the molecule is N=C1C(c2ccccc2)=C(c2ccccc2)c2ccccc21. The first-order valence-corrected chi connectivity index (χ1v) is 7.40. The van der Waals surface area contributed by atoms with E-state index < -0.39 is 0 Å². The molecule has 3 aromatic carbocycles. The second kappa shape index (κ2) is 5.12. The molecule has 0 unspecified atom stereocenters. The molecule has 0 atom stereocenters. The molecule has 1 heteroatoms. The van der Waals surface area contributed by atoms with Gasteiger partial charge in [0.2, 0.25) is 0 Å². The maximum absolute atomic E-state index is 8.65. The van der Waals surface area contributed by atoms with E-state index in [9.17, 15) is 0 Å². The topological polar surface area (TPSA) is 23.9 Å². The fourth-order valence-electron chi connectivity index (χ4n) is 3.11. The van der Waals surface area contributed by atoms with Crippen LogP contribution in [0.15, 0.2) is 84.9 Å². The maximum Gasteiger partial charge on any atom is 0.0703 e. The van der Waals surface area contributed by atoms with Crippen molar-refractivity contribution in [3.05, 3.63) is 107 Å². The largest absolute Gasteiger partial charge is 0.300 e. The van der Waals surface area contributed by atoms with Crippen LogP contribution < -0.4 is 0 Å². The summed E-state index contributed by atoms with van der Waals surface area (Å²) in [6.07, 6.45) is 0. The number of hydrogen-bond donors (Lipinski definition) is 1. The second-order valence-electron chi connectivity index (χ2n) is 5.40. The van der Waals surface area contributed by atoms with E-state index in [0.717, 1.165) is 33.4 Å². The summed E-state index contributed by atoms with van der Waals surface area (Å²) in [5.74, 6) is 0. The third-order valence-electron chi connectivity index (χ3n) is 4.09. The summed E-state index contributed by atoms with van der Waals surface area (Å²) >= 11 is 0. The van der Waals surface area contributed by atoms with E-state index in [1.54, 1.807) is 0 Å². The highest BCUT2D eigenvalue weighted by molar-refractivity contribution is 6.42. The van der Waals surface area contributed by atoms with Crippen LogP contribution in [0.3, 0.4) is 0 Å². The Labute approximate surface area is 130 Å². The van der Waals surface area contributed by atoms with Gasteiger partial charge in [-0.05, 0) is 22.3 Å². The van der Waals surface area contributed by atoms with E-state index in [1.165, 1.54) is 0 Å². The molecule has 0 fully saturated rings. The number of nitrogens with one attached hydrogen (secondary N) is 1. The summed E-state index contributed by atoms with van der Waals surface area (Å²) in [5.41, 5.74) is 7.22. The van der Waals surface area contributed by atoms with Gasteiger partial charge >= 0.3 is 0 Å². The Morgan fingerprint density at radius 1 is 0.455 bits per heavy atom. The molecular weight excluding hydrogens is 266 g/mol. The van der Waals surface area contributed by atoms with Crippen molar-refractivity contribution in [2.45, 2.75) is 0 Å². The van der Waals surface area contributed by atoms with Gasteiger partial charge in [-0.1, -0.05) is 84.9 Å². The van der Waals surface area contributed by atoms with Gasteiger partial charge in [0, 0.05) is 11.1 Å². The zero-order valence-corrected chi connectivity index (χ0v) is 12.1. The van der Waals surface area contributed by atoms with Gasteiger partial charge in [0.25, 0.3) is 0 Å². The summed E-state index contributed by atoms with van der Waals surface area (Å²) in [6.45, 7) is 0. The number of fused-ring (bicyclic) bond motifs is 1. The summed E-state index contributed by atoms with van der Waals surface area (Å²) in [6, 6.07) is 28.8. The molecule has 104 valence electrons. The van der Waals surface area contributed by atoms with Crippen molar-refractivity contribution in [2.75, 3.05) is 0 Å². The first-order valence-electron chi connectivity index (χ1n) is 7.40. The molecule has 0 saturated heterocycles. The van der Waals surface area contributed by atoms with Gasteiger partial charge in [-0.15, -0.1) is 0 Å². The van der Waals surface area contributed by atoms with Crippen LogP contribution in [-0.4, -0.2) is 5.71 Å². The molecule has 1 aliphatic carbocycles. The van der Waals surface area contributed by atoms with Gasteiger partial charge in [0.05, 0.1) is 5.71 Å². The molecule has 0 heterocycles. The van der Waals surface area contributed by atoms with Crippen LogP contribution in [0.2, 0.25) is 0 Å². The predicted octanol–water partition coefficient (Wildman–Crippen LogP) is 5.03. The lowest BCUT2D eigenvalue weighted by Gasteiger charge is -2.09. The quantitative estimate of drug-likeness (QED) is 0.681. The Morgan fingerprint density at radius 2 is 0.909 bits per heavy atom. The van der Waals surface area contributed by atoms with Gasteiger partial charge in [0.1, 0.15) is 0 Å². The van der Waals surface area contributed by atoms with Crippen LogP contribution >= 0.6 is 0 Å². The molecule has 0 bridgehead atoms. The molecule has 22 heavy (non-hydrogen) atoms. The van der Waals surface area contributed by atoms with Gasteiger partial charge in [-0.2, -0.15) is 0 Å². The maximum atomic E-state index is 8.65. The van der Waals surface area contributed by atoms with Crippen molar-refractivity contribution in [3.8, 4) is 0 Å². The zero-order chi connectivity index (χ0) is 14.9. The van der Waals surface area contributed by atoms with Crippen molar-refractivity contribution in [2.24, 2.45) is 0 Å². The number of benzene rings is 3. The molecule has 0 aromatic heterocycles. The average Bonchev–Trinajstić information content (AvgIpc) is 2.90. The van der Waals surface area contributed by atoms with Crippen LogP contribution in [0.5, 0.6) is 0 Å². The van der Waals surface area contributed by atoms with Crippen molar-refractivity contribution in [1.82, 2.24) is 0 Å². The minimum atomic E-state index is 0.612. The van der Waals surface area contributed by atoms with Crippen molar-refractivity contribution < 1.29 is 0 Å². The Balaban J connectivity index is 2.05. The fraction of sp³-hybridized carbons (Fsp3) is 0. The molecule has 1 N–H and O–H groups in total. The molecule has 0 aliphatic heterocycles. The van der Waals surface area contributed by atoms with Crippen LogP contribution in [0.1, 0.15) is 22.3 Å². The first kappa shape index (κ1) is 12.8. The molecule has 1 aliphatic rings. The highest BCUT2D eigenvalue weighted by Crippen LogP contribution is 2.41. The van der Waals surface area contributed by atoms with E-state index in [0.29, 0.717) is 5.71 Å². The van der Waals surface area contributed by atoms with E-state index >= 15 is 0 Å². The van der Waals surface area contributed by atoms with Gasteiger partial charge in [-0.25, -0.2) is 0 Å². The van der Waals surface area contributed by atoms with Crippen LogP contribution in [0, 0.1) is 5.41 Å². The predicted molar refractivity (Wildman–Crippen MR) is 92.1 cm³/mol. The molecule has 0 spiro atoms. The number of hydrogen-bond acceptors (Lipinski definition) is 1. The molecule has 3 aromatic rings. The summed E-state index contributed by atoms with van der Waals surface area (Å²) in [7, 11) is 0. The number of rotatable bonds is 2. The molecule has 0 radical (unpaired) electrons. The van der Waals surface area contributed by atoms with E-state index in [-0.39, 0.29) is 0 Å². The lowest BCUT2D eigenvalue weighted by molar-refractivity contribution is 1.50. The Morgan fingerprint density at radius 3 is 1.50 bits per heavy atom. The Kier molecular flexibility index (Phi) is 2.97. The molecule has 1 nitrogen and oxygen atoms in total.